The largest absolute Gasteiger partial charge is 0.338 e. The second kappa shape index (κ2) is 5.95. The van der Waals surface area contributed by atoms with Crippen molar-refractivity contribution in [2.45, 2.75) is 32.2 Å². The van der Waals surface area contributed by atoms with Crippen molar-refractivity contribution in [2.75, 3.05) is 33.7 Å². The molecule has 1 N–H and O–H groups in total. The Balaban J connectivity index is 2.37. The molecule has 1 saturated heterocycles. The Hall–Kier alpha value is -0.770. The molecule has 1 rings (SSSR count). The van der Waals surface area contributed by atoms with E-state index in [0.717, 1.165) is 32.5 Å². The second-order valence-electron chi connectivity index (χ2n) is 4.40. The molecule has 15 heavy (non-hydrogen) atoms. The number of nitrogens with zero attached hydrogens (tertiary/aromatic N) is 2. The van der Waals surface area contributed by atoms with E-state index in [2.05, 4.69) is 24.2 Å². The summed E-state index contributed by atoms with van der Waals surface area (Å²) in [6, 6.07) is 0.442. The molecule has 0 radical (unpaired) electrons. The summed E-state index contributed by atoms with van der Waals surface area (Å²) >= 11 is 0. The van der Waals surface area contributed by atoms with E-state index in [9.17, 15) is 4.79 Å². The summed E-state index contributed by atoms with van der Waals surface area (Å²) in [7, 11) is 4.01. The fourth-order valence-electron chi connectivity index (χ4n) is 1.98. The molecule has 1 aliphatic heterocycles. The van der Waals surface area contributed by atoms with E-state index in [1.54, 1.807) is 0 Å². The molecular weight excluding hydrogens is 190 g/mol. The monoisotopic (exact) mass is 213 g/mol. The first-order chi connectivity index (χ1) is 7.15. The average Bonchev–Trinajstić information content (AvgIpc) is 2.24. The summed E-state index contributed by atoms with van der Waals surface area (Å²) in [6.45, 7) is 4.98. The molecule has 0 bridgehead atoms. The Kier molecular flexibility index (Phi) is 4.88. The van der Waals surface area contributed by atoms with Crippen molar-refractivity contribution in [3.63, 3.8) is 0 Å². The van der Waals surface area contributed by atoms with Crippen LogP contribution in [0.1, 0.15) is 26.2 Å². The number of urea groups is 1. The lowest BCUT2D eigenvalue weighted by Crippen LogP contribution is -2.50. The van der Waals surface area contributed by atoms with Crippen LogP contribution in [0.2, 0.25) is 0 Å². The van der Waals surface area contributed by atoms with Gasteiger partial charge in [-0.15, -0.1) is 0 Å². The van der Waals surface area contributed by atoms with Crippen LogP contribution in [0.4, 0.5) is 4.79 Å². The number of likely N-dealkylation sites (N-methyl/N-ethyl adjacent to an activating group) is 2. The first-order valence-electron chi connectivity index (χ1n) is 5.84. The first kappa shape index (κ1) is 12.3. The van der Waals surface area contributed by atoms with Crippen molar-refractivity contribution in [1.29, 1.82) is 0 Å². The number of piperidine rings is 1. The Morgan fingerprint density at radius 1 is 1.60 bits per heavy atom. The molecule has 4 heteroatoms. The van der Waals surface area contributed by atoms with Crippen molar-refractivity contribution < 1.29 is 4.79 Å². The molecule has 1 unspecified atom stereocenters. The van der Waals surface area contributed by atoms with Crippen molar-refractivity contribution in [2.24, 2.45) is 0 Å². The van der Waals surface area contributed by atoms with Crippen LogP contribution < -0.4 is 5.32 Å². The molecule has 0 aliphatic carbocycles. The molecule has 1 aliphatic rings. The highest BCUT2D eigenvalue weighted by atomic mass is 16.2. The van der Waals surface area contributed by atoms with E-state index >= 15 is 0 Å². The van der Waals surface area contributed by atoms with Gasteiger partial charge >= 0.3 is 6.03 Å². The molecule has 4 nitrogen and oxygen atoms in total. The molecule has 0 aromatic heterocycles. The highest BCUT2D eigenvalue weighted by Crippen LogP contribution is 2.13. The smallest absolute Gasteiger partial charge is 0.317 e. The van der Waals surface area contributed by atoms with Gasteiger partial charge in [0.25, 0.3) is 0 Å². The molecule has 1 atom stereocenters. The minimum Gasteiger partial charge on any atom is -0.338 e. The standard InChI is InChI=1S/C11H23N3O/c1-4-7-12-11(15)14(3)10-6-5-8-13(2)9-10/h10H,4-9H2,1-3H3,(H,12,15). The predicted octanol–water partition coefficient (Wildman–Crippen LogP) is 1.13. The summed E-state index contributed by atoms with van der Waals surface area (Å²) in [6.07, 6.45) is 3.30. The van der Waals surface area contributed by atoms with E-state index in [1.807, 2.05) is 11.9 Å². The number of hydrogen-bond acceptors (Lipinski definition) is 2. The summed E-state index contributed by atoms with van der Waals surface area (Å²) < 4.78 is 0. The molecule has 1 fully saturated rings. The van der Waals surface area contributed by atoms with Crippen LogP contribution in [-0.4, -0.2) is 55.6 Å². The van der Waals surface area contributed by atoms with Crippen LogP contribution in [0.15, 0.2) is 0 Å². The molecule has 2 amide bonds. The summed E-state index contributed by atoms with van der Waals surface area (Å²) in [5, 5.41) is 2.91. The minimum absolute atomic E-state index is 0.0668. The van der Waals surface area contributed by atoms with Crippen LogP contribution in [0, 0.1) is 0 Å². The van der Waals surface area contributed by atoms with Gasteiger partial charge < -0.3 is 15.1 Å². The van der Waals surface area contributed by atoms with E-state index in [-0.39, 0.29) is 6.03 Å². The Bertz CT molecular complexity index is 208. The van der Waals surface area contributed by atoms with E-state index in [0.29, 0.717) is 6.04 Å². The van der Waals surface area contributed by atoms with Crippen molar-refractivity contribution in [3.05, 3.63) is 0 Å². The van der Waals surface area contributed by atoms with Gasteiger partial charge in [0, 0.05) is 26.2 Å². The number of rotatable bonds is 3. The van der Waals surface area contributed by atoms with Gasteiger partial charge in [-0.05, 0) is 32.9 Å². The van der Waals surface area contributed by atoms with Gasteiger partial charge in [-0.3, -0.25) is 0 Å². The summed E-state index contributed by atoms with van der Waals surface area (Å²) in [5.41, 5.74) is 0. The maximum atomic E-state index is 11.7. The van der Waals surface area contributed by atoms with Gasteiger partial charge in [0.2, 0.25) is 0 Å². The van der Waals surface area contributed by atoms with Gasteiger partial charge in [0.1, 0.15) is 0 Å². The van der Waals surface area contributed by atoms with Crippen LogP contribution >= 0.6 is 0 Å². The minimum atomic E-state index is 0.0668. The number of likely N-dealkylation sites (tertiary alicyclic amines) is 1. The maximum absolute atomic E-state index is 11.7. The van der Waals surface area contributed by atoms with E-state index in [4.69, 9.17) is 0 Å². The van der Waals surface area contributed by atoms with E-state index < -0.39 is 0 Å². The Morgan fingerprint density at radius 3 is 2.93 bits per heavy atom. The normalized spacial score (nSPS) is 22.5. The third-order valence-corrected chi connectivity index (χ3v) is 2.99. The molecule has 0 spiro atoms. The first-order valence-corrected chi connectivity index (χ1v) is 5.84. The van der Waals surface area contributed by atoms with Crippen LogP contribution in [-0.2, 0) is 0 Å². The van der Waals surface area contributed by atoms with Gasteiger partial charge in [-0.2, -0.15) is 0 Å². The van der Waals surface area contributed by atoms with Crippen molar-refractivity contribution in [3.8, 4) is 0 Å². The van der Waals surface area contributed by atoms with Crippen LogP contribution in [0.3, 0.4) is 0 Å². The van der Waals surface area contributed by atoms with Gasteiger partial charge in [-0.25, -0.2) is 4.79 Å². The zero-order valence-electron chi connectivity index (χ0n) is 10.1. The van der Waals surface area contributed by atoms with Gasteiger partial charge in [0.15, 0.2) is 0 Å². The van der Waals surface area contributed by atoms with Crippen LogP contribution in [0.25, 0.3) is 0 Å². The lowest BCUT2D eigenvalue weighted by molar-refractivity contribution is 0.141. The number of hydrogen-bond donors (Lipinski definition) is 1. The van der Waals surface area contributed by atoms with Crippen LogP contribution in [0.5, 0.6) is 0 Å². The highest BCUT2D eigenvalue weighted by Gasteiger charge is 2.23. The zero-order chi connectivity index (χ0) is 11.3. The SMILES string of the molecule is CCCNC(=O)N(C)C1CCCN(C)C1. The zero-order valence-corrected chi connectivity index (χ0v) is 10.1. The van der Waals surface area contributed by atoms with Gasteiger partial charge in [-0.1, -0.05) is 6.92 Å². The molecular formula is C11H23N3O. The number of amides is 2. The third-order valence-electron chi connectivity index (χ3n) is 2.99. The fourth-order valence-corrected chi connectivity index (χ4v) is 1.98. The quantitative estimate of drug-likeness (QED) is 0.763. The Labute approximate surface area is 92.6 Å². The van der Waals surface area contributed by atoms with E-state index in [1.165, 1.54) is 6.42 Å². The topological polar surface area (TPSA) is 35.6 Å². The third kappa shape index (κ3) is 3.70. The van der Waals surface area contributed by atoms with Gasteiger partial charge in [0.05, 0.1) is 0 Å². The Morgan fingerprint density at radius 2 is 2.33 bits per heavy atom. The summed E-state index contributed by atoms with van der Waals surface area (Å²) in [5.74, 6) is 0. The lowest BCUT2D eigenvalue weighted by atomic mass is 10.1. The number of carbonyl (C=O) groups is 1. The average molecular weight is 213 g/mol. The number of nitrogens with one attached hydrogen (secondary N) is 1. The molecule has 0 aromatic carbocycles. The van der Waals surface area contributed by atoms with Crippen molar-refractivity contribution in [1.82, 2.24) is 15.1 Å². The maximum Gasteiger partial charge on any atom is 0.317 e. The molecule has 88 valence electrons. The summed E-state index contributed by atoms with van der Waals surface area (Å²) in [4.78, 5) is 15.8. The highest BCUT2D eigenvalue weighted by molar-refractivity contribution is 5.74. The molecule has 0 aromatic rings. The second-order valence-corrected chi connectivity index (χ2v) is 4.40. The number of carbonyl (C=O) groups excluding carboxylic acids is 1. The fraction of sp³-hybridized carbons (Fsp3) is 0.909. The predicted molar refractivity (Wildman–Crippen MR) is 62.0 cm³/mol. The van der Waals surface area contributed by atoms with Crippen molar-refractivity contribution >= 4 is 6.03 Å². The molecule has 1 heterocycles. The molecule has 0 saturated carbocycles. The lowest BCUT2D eigenvalue weighted by Gasteiger charge is -2.35.